The highest BCUT2D eigenvalue weighted by atomic mass is 14.3. The van der Waals surface area contributed by atoms with Crippen molar-refractivity contribution in [3.8, 4) is 6.07 Å². The summed E-state index contributed by atoms with van der Waals surface area (Å²) in [6.07, 6.45) is 2.48. The van der Waals surface area contributed by atoms with E-state index >= 15 is 0 Å². The average molecular weight is 123 g/mol. The number of allylic oxidation sites excluding steroid dienone is 2. The highest BCUT2D eigenvalue weighted by Crippen LogP contribution is 2.22. The molecule has 9 heavy (non-hydrogen) atoms. The van der Waals surface area contributed by atoms with Crippen molar-refractivity contribution in [2.45, 2.75) is 19.7 Å². The van der Waals surface area contributed by atoms with E-state index in [1.807, 2.05) is 13.0 Å². The van der Waals surface area contributed by atoms with Gasteiger partial charge in [-0.3, -0.25) is 0 Å². The Morgan fingerprint density at radius 2 is 2.67 bits per heavy atom. The first kappa shape index (κ1) is 4.11. The molecule has 0 spiro atoms. The van der Waals surface area contributed by atoms with E-state index in [0.29, 0.717) is 0 Å². The van der Waals surface area contributed by atoms with Crippen LogP contribution in [0, 0.1) is 23.2 Å². The van der Waals surface area contributed by atoms with Crippen LogP contribution in [-0.2, 0) is 0 Å². The number of nitrogens with zero attached hydrogens (tertiary/aromatic N) is 1. The van der Waals surface area contributed by atoms with Crippen molar-refractivity contribution in [3.63, 3.8) is 0 Å². The van der Waals surface area contributed by atoms with Gasteiger partial charge in [0.05, 0.1) is 12.0 Å². The molecule has 0 aromatic rings. The molecule has 0 heterocycles. The maximum atomic E-state index is 8.66. The van der Waals surface area contributed by atoms with Crippen LogP contribution in [0.1, 0.15) is 22.5 Å². The Hall–Kier alpha value is -0.770. The van der Waals surface area contributed by atoms with E-state index < -0.39 is 12.8 Å². The molecule has 0 unspecified atom stereocenters. The summed E-state index contributed by atoms with van der Waals surface area (Å²) >= 11 is 0. The van der Waals surface area contributed by atoms with Gasteiger partial charge in [0.25, 0.3) is 0 Å². The minimum atomic E-state index is -0.569. The summed E-state index contributed by atoms with van der Waals surface area (Å²) < 4.78 is 14.9. The van der Waals surface area contributed by atoms with Crippen LogP contribution >= 0.6 is 0 Å². The SMILES string of the molecule is [2H][C@@H]1[C@H](C#N)[C@@H](C)C=C[C@@H]1[2H]. The van der Waals surface area contributed by atoms with Gasteiger partial charge in [0.2, 0.25) is 0 Å². The zero-order valence-electron chi connectivity index (χ0n) is 7.41. The second-order valence-electron chi connectivity index (χ2n) is 2.28. The lowest BCUT2D eigenvalue weighted by Crippen LogP contribution is -2.09. The van der Waals surface area contributed by atoms with Crippen molar-refractivity contribution in [1.29, 1.82) is 5.26 Å². The molecule has 0 aromatic carbocycles. The first-order valence-corrected chi connectivity index (χ1v) is 3.09. The molecule has 1 rings (SSSR count). The molecule has 0 N–H and O–H groups in total. The molecule has 0 aliphatic heterocycles. The van der Waals surface area contributed by atoms with Gasteiger partial charge >= 0.3 is 0 Å². The smallest absolute Gasteiger partial charge is 0.0661 e. The van der Waals surface area contributed by atoms with Gasteiger partial charge < -0.3 is 0 Å². The lowest BCUT2D eigenvalue weighted by atomic mass is 9.87. The predicted molar refractivity (Wildman–Crippen MR) is 36.6 cm³/mol. The van der Waals surface area contributed by atoms with Crippen LogP contribution in [0.25, 0.3) is 0 Å². The molecule has 0 saturated carbocycles. The molecule has 0 amide bonds. The molecule has 1 aliphatic rings. The van der Waals surface area contributed by atoms with Crippen LogP contribution < -0.4 is 0 Å². The Morgan fingerprint density at radius 1 is 1.89 bits per heavy atom. The Labute approximate surface area is 58.8 Å². The maximum Gasteiger partial charge on any atom is 0.0661 e. The summed E-state index contributed by atoms with van der Waals surface area (Å²) in [5, 5.41) is 8.66. The molecule has 0 radical (unpaired) electrons. The zero-order chi connectivity index (χ0) is 8.43. The highest BCUT2D eigenvalue weighted by Gasteiger charge is 2.15. The Balaban J connectivity index is 2.80. The van der Waals surface area contributed by atoms with Crippen molar-refractivity contribution < 1.29 is 2.74 Å². The van der Waals surface area contributed by atoms with Gasteiger partial charge in [-0.1, -0.05) is 19.1 Å². The summed E-state index contributed by atoms with van der Waals surface area (Å²) in [5.74, 6) is -0.174. The predicted octanol–water partition coefficient (Wildman–Crippen LogP) is 2.11. The Bertz CT molecular complexity index is 207. The Morgan fingerprint density at radius 3 is 3.22 bits per heavy atom. The summed E-state index contributed by atoms with van der Waals surface area (Å²) in [7, 11) is 0. The van der Waals surface area contributed by atoms with E-state index in [1.165, 1.54) is 0 Å². The van der Waals surface area contributed by atoms with Crippen molar-refractivity contribution >= 4 is 0 Å². The van der Waals surface area contributed by atoms with Crippen LogP contribution in [0.5, 0.6) is 0 Å². The summed E-state index contributed by atoms with van der Waals surface area (Å²) in [4.78, 5) is 0. The second kappa shape index (κ2) is 2.68. The largest absolute Gasteiger partial charge is 0.198 e. The van der Waals surface area contributed by atoms with Gasteiger partial charge in [0.1, 0.15) is 0 Å². The maximum absolute atomic E-state index is 8.66. The number of hydrogen-bond acceptors (Lipinski definition) is 1. The molecule has 4 atom stereocenters. The normalized spacial score (nSPS) is 53.3. The van der Waals surface area contributed by atoms with Gasteiger partial charge in [-0.15, -0.1) is 0 Å². The second-order valence-corrected chi connectivity index (χ2v) is 2.28. The lowest BCUT2D eigenvalue weighted by Gasteiger charge is -2.16. The summed E-state index contributed by atoms with van der Waals surface area (Å²) in [6.45, 7) is 1.91. The van der Waals surface area contributed by atoms with Crippen LogP contribution in [0.3, 0.4) is 0 Å². The molecular weight excluding hydrogens is 110 g/mol. The molecule has 0 bridgehead atoms. The van der Waals surface area contributed by atoms with E-state index in [4.69, 9.17) is 8.00 Å². The third-order valence-corrected chi connectivity index (χ3v) is 1.56. The molecule has 48 valence electrons. The van der Waals surface area contributed by atoms with E-state index in [2.05, 4.69) is 6.07 Å². The molecule has 0 fully saturated rings. The molecule has 0 aromatic heterocycles. The van der Waals surface area contributed by atoms with E-state index in [-0.39, 0.29) is 11.8 Å². The van der Waals surface area contributed by atoms with Gasteiger partial charge in [-0.2, -0.15) is 5.26 Å². The van der Waals surface area contributed by atoms with Crippen LogP contribution in [0.4, 0.5) is 0 Å². The van der Waals surface area contributed by atoms with E-state index in [0.717, 1.165) is 0 Å². The van der Waals surface area contributed by atoms with Crippen molar-refractivity contribution in [2.75, 3.05) is 0 Å². The monoisotopic (exact) mass is 123 g/mol. The number of hydrogen-bond donors (Lipinski definition) is 0. The first-order valence-electron chi connectivity index (χ1n) is 4.24. The molecule has 1 heteroatoms. The minimum absolute atomic E-state index is 0.129. The van der Waals surface area contributed by atoms with Crippen molar-refractivity contribution in [3.05, 3.63) is 12.2 Å². The highest BCUT2D eigenvalue weighted by molar-refractivity contribution is 5.02. The zero-order valence-corrected chi connectivity index (χ0v) is 5.41. The molecular formula is C8H11N. The standard InChI is InChI=1S/C8H11N/c1-7-4-2-3-5-8(7)6-9/h2,4,7-8H,3,5H2,1H3/t7-,8+/m0/s1/i3D,5D/t3-,5-,7-,8+. The summed E-state index contributed by atoms with van der Waals surface area (Å²) in [5.41, 5.74) is 0. The van der Waals surface area contributed by atoms with Gasteiger partial charge in [-0.25, -0.2) is 0 Å². The third kappa shape index (κ3) is 1.32. The topological polar surface area (TPSA) is 23.8 Å². The lowest BCUT2D eigenvalue weighted by molar-refractivity contribution is 0.470. The Kier molecular flexibility index (Phi) is 1.22. The van der Waals surface area contributed by atoms with Crippen LogP contribution in [-0.4, -0.2) is 0 Å². The minimum Gasteiger partial charge on any atom is -0.198 e. The summed E-state index contributed by atoms with van der Waals surface area (Å²) in [6, 6.07) is 2.08. The first-order chi connectivity index (χ1) is 5.16. The molecule has 0 saturated heterocycles. The van der Waals surface area contributed by atoms with Crippen molar-refractivity contribution in [1.82, 2.24) is 0 Å². The van der Waals surface area contributed by atoms with Gasteiger partial charge in [-0.05, 0) is 18.7 Å². The third-order valence-electron chi connectivity index (χ3n) is 1.56. The van der Waals surface area contributed by atoms with Crippen LogP contribution in [0.2, 0.25) is 0 Å². The van der Waals surface area contributed by atoms with Gasteiger partial charge in [0, 0.05) is 2.74 Å². The molecule has 1 aliphatic carbocycles. The molecule has 1 nitrogen and oxygen atoms in total. The van der Waals surface area contributed by atoms with E-state index in [9.17, 15) is 0 Å². The van der Waals surface area contributed by atoms with Crippen molar-refractivity contribution in [2.24, 2.45) is 11.8 Å². The quantitative estimate of drug-likeness (QED) is 0.452. The number of rotatable bonds is 0. The van der Waals surface area contributed by atoms with Gasteiger partial charge in [0.15, 0.2) is 0 Å². The fraction of sp³-hybridized carbons (Fsp3) is 0.625. The average Bonchev–Trinajstić information content (AvgIpc) is 1.99. The fourth-order valence-corrected chi connectivity index (χ4v) is 0.879. The van der Waals surface area contributed by atoms with Crippen LogP contribution in [0.15, 0.2) is 12.2 Å². The number of nitriles is 1. The fourth-order valence-electron chi connectivity index (χ4n) is 0.879. The van der Waals surface area contributed by atoms with E-state index in [1.54, 1.807) is 6.08 Å².